The third-order valence-electron chi connectivity index (χ3n) is 9.53. The molecule has 0 aliphatic heterocycles. The van der Waals surface area contributed by atoms with E-state index < -0.39 is 0 Å². The van der Waals surface area contributed by atoms with Crippen LogP contribution in [0.5, 0.6) is 0 Å². The largest absolute Gasteiger partial charge is 0.463 e. The minimum atomic E-state index is -0.283. The zero-order chi connectivity index (χ0) is 33.6. The number of hydrogen-bond donors (Lipinski definition) is 1. The lowest BCUT2D eigenvalue weighted by molar-refractivity contribution is -0.137. The molecule has 0 aliphatic carbocycles. The number of unbranched alkanes of at least 4 members (excludes halogenated alkanes) is 26. The zero-order valence-electron chi connectivity index (χ0n) is 31.7. The fraction of sp³-hybridized carbons (Fsp3) is 0.929. The van der Waals surface area contributed by atoms with Crippen LogP contribution in [-0.4, -0.2) is 48.3 Å². The Morgan fingerprint density at radius 2 is 0.913 bits per heavy atom. The molecule has 0 spiro atoms. The Hall–Kier alpha value is -0.870. The van der Waals surface area contributed by atoms with E-state index in [1.54, 1.807) is 6.08 Å². The first-order valence-electron chi connectivity index (χ1n) is 20.9. The third-order valence-corrected chi connectivity index (χ3v) is 9.53. The summed E-state index contributed by atoms with van der Waals surface area (Å²) >= 11 is 0. The van der Waals surface area contributed by atoms with Gasteiger partial charge in [-0.05, 0) is 51.6 Å². The summed E-state index contributed by atoms with van der Waals surface area (Å²) in [5.41, 5.74) is 0. The maximum atomic E-state index is 12.0. The number of allylic oxidation sites excluding steroid dienone is 1. The highest BCUT2D eigenvalue weighted by Crippen LogP contribution is 2.14. The number of aliphatic hydroxyl groups is 1. The first-order valence-corrected chi connectivity index (χ1v) is 20.9. The molecule has 0 rings (SSSR count). The molecule has 0 aromatic heterocycles. The van der Waals surface area contributed by atoms with Gasteiger partial charge in [-0.3, -0.25) is 0 Å². The minimum absolute atomic E-state index is 0.219. The van der Waals surface area contributed by atoms with Gasteiger partial charge in [-0.1, -0.05) is 187 Å². The molecule has 0 aromatic carbocycles. The number of rotatable bonds is 38. The Balaban J connectivity index is 3.79. The molecule has 0 amide bonds. The Bertz CT molecular complexity index is 622. The van der Waals surface area contributed by atoms with Gasteiger partial charge < -0.3 is 14.7 Å². The Labute approximate surface area is 289 Å². The van der Waals surface area contributed by atoms with Crippen molar-refractivity contribution in [2.75, 3.05) is 26.2 Å². The molecule has 1 atom stereocenters. The first-order chi connectivity index (χ1) is 22.6. The highest BCUT2D eigenvalue weighted by molar-refractivity contribution is 5.81. The van der Waals surface area contributed by atoms with E-state index in [4.69, 9.17) is 4.74 Å². The van der Waals surface area contributed by atoms with E-state index in [9.17, 15) is 9.90 Å². The van der Waals surface area contributed by atoms with E-state index >= 15 is 0 Å². The summed E-state index contributed by atoms with van der Waals surface area (Å²) in [6.45, 7) is 10.4. The molecule has 0 bridgehead atoms. The van der Waals surface area contributed by atoms with Gasteiger partial charge in [-0.2, -0.15) is 0 Å². The highest BCUT2D eigenvalue weighted by atomic mass is 16.5. The Kier molecular flexibility index (Phi) is 37.8. The lowest BCUT2D eigenvalue weighted by atomic mass is 10.0. The standard InChI is InChI=1S/C42H83NO3/c1-4-7-10-12-14-16-18-20-22-24-26-28-34-39-46-42(45)36-31-29-30-35-41(44)40-43(37-32-9-6-3)38-33-27-25-23-21-19-17-15-13-11-8-5-2/h31,36,41,44H,4-30,32-35,37-40H2,1-3H3/b36-31+. The van der Waals surface area contributed by atoms with Crippen LogP contribution < -0.4 is 0 Å². The normalized spacial score (nSPS) is 12.5. The van der Waals surface area contributed by atoms with Gasteiger partial charge in [0, 0.05) is 12.6 Å². The van der Waals surface area contributed by atoms with Gasteiger partial charge >= 0.3 is 5.97 Å². The van der Waals surface area contributed by atoms with Gasteiger partial charge in [0.1, 0.15) is 0 Å². The highest BCUT2D eigenvalue weighted by Gasteiger charge is 2.11. The molecule has 0 aliphatic rings. The summed E-state index contributed by atoms with van der Waals surface area (Å²) < 4.78 is 5.38. The minimum Gasteiger partial charge on any atom is -0.463 e. The monoisotopic (exact) mass is 650 g/mol. The number of carbonyl (C=O) groups is 1. The molecule has 0 saturated carbocycles. The second-order valence-corrected chi connectivity index (χ2v) is 14.3. The van der Waals surface area contributed by atoms with Crippen molar-refractivity contribution in [3.05, 3.63) is 12.2 Å². The second-order valence-electron chi connectivity index (χ2n) is 14.3. The second kappa shape index (κ2) is 38.6. The van der Waals surface area contributed by atoms with Crippen LogP contribution in [-0.2, 0) is 9.53 Å². The maximum Gasteiger partial charge on any atom is 0.330 e. The third kappa shape index (κ3) is 36.0. The smallest absolute Gasteiger partial charge is 0.330 e. The lowest BCUT2D eigenvalue weighted by Crippen LogP contribution is -2.34. The van der Waals surface area contributed by atoms with Crippen molar-refractivity contribution in [2.45, 2.75) is 226 Å². The molecule has 46 heavy (non-hydrogen) atoms. The number of ether oxygens (including phenoxy) is 1. The van der Waals surface area contributed by atoms with Crippen LogP contribution >= 0.6 is 0 Å². The SMILES string of the molecule is CCCCCCCCCCCCCCCOC(=O)/C=C/CCCC(O)CN(CCCCC)CCCCCCCCCCCCCC. The molecule has 0 aromatic rings. The van der Waals surface area contributed by atoms with Crippen molar-refractivity contribution in [1.29, 1.82) is 0 Å². The molecule has 4 heteroatoms. The number of aliphatic hydroxyl groups excluding tert-OH is 1. The molecule has 0 saturated heterocycles. The summed E-state index contributed by atoms with van der Waals surface area (Å²) in [4.78, 5) is 14.5. The molecule has 0 radical (unpaired) electrons. The van der Waals surface area contributed by atoms with Crippen molar-refractivity contribution in [3.63, 3.8) is 0 Å². The van der Waals surface area contributed by atoms with Crippen LogP contribution in [0.15, 0.2) is 12.2 Å². The molecule has 0 heterocycles. The maximum absolute atomic E-state index is 12.0. The Morgan fingerprint density at radius 3 is 1.37 bits per heavy atom. The molecular formula is C42H83NO3. The van der Waals surface area contributed by atoms with E-state index in [2.05, 4.69) is 25.7 Å². The van der Waals surface area contributed by atoms with Gasteiger partial charge in [0.05, 0.1) is 12.7 Å². The molecule has 4 nitrogen and oxygen atoms in total. The number of nitrogens with zero attached hydrogens (tertiary/aromatic N) is 1. The van der Waals surface area contributed by atoms with E-state index in [-0.39, 0.29) is 12.1 Å². The summed E-state index contributed by atoms with van der Waals surface area (Å²) in [6, 6.07) is 0. The Morgan fingerprint density at radius 1 is 0.543 bits per heavy atom. The molecular weight excluding hydrogens is 566 g/mol. The topological polar surface area (TPSA) is 49.8 Å². The molecule has 1 N–H and O–H groups in total. The van der Waals surface area contributed by atoms with Crippen molar-refractivity contribution in [1.82, 2.24) is 4.90 Å². The molecule has 274 valence electrons. The van der Waals surface area contributed by atoms with Crippen LogP contribution in [0.25, 0.3) is 0 Å². The summed E-state index contributed by atoms with van der Waals surface area (Å²) in [6.07, 6.45) is 43.2. The van der Waals surface area contributed by atoms with Crippen LogP contribution in [0.2, 0.25) is 0 Å². The van der Waals surface area contributed by atoms with Gasteiger partial charge in [0.15, 0.2) is 0 Å². The quantitative estimate of drug-likeness (QED) is 0.0411. The van der Waals surface area contributed by atoms with Crippen molar-refractivity contribution in [2.24, 2.45) is 0 Å². The van der Waals surface area contributed by atoms with Gasteiger partial charge in [0.2, 0.25) is 0 Å². The first kappa shape index (κ1) is 45.1. The van der Waals surface area contributed by atoms with E-state index in [0.717, 1.165) is 51.7 Å². The predicted molar refractivity (Wildman–Crippen MR) is 203 cm³/mol. The van der Waals surface area contributed by atoms with E-state index in [1.807, 2.05) is 6.08 Å². The zero-order valence-corrected chi connectivity index (χ0v) is 31.7. The number of hydrogen-bond acceptors (Lipinski definition) is 4. The average molecular weight is 650 g/mol. The van der Waals surface area contributed by atoms with E-state index in [1.165, 1.54) is 167 Å². The van der Waals surface area contributed by atoms with Gasteiger partial charge in [-0.25, -0.2) is 4.79 Å². The van der Waals surface area contributed by atoms with Gasteiger partial charge in [-0.15, -0.1) is 0 Å². The summed E-state index contributed by atoms with van der Waals surface area (Å²) in [5, 5.41) is 10.7. The van der Waals surface area contributed by atoms with Gasteiger partial charge in [0.25, 0.3) is 0 Å². The molecule has 1 unspecified atom stereocenters. The summed E-state index contributed by atoms with van der Waals surface area (Å²) in [5.74, 6) is -0.219. The van der Waals surface area contributed by atoms with Crippen molar-refractivity contribution in [3.8, 4) is 0 Å². The van der Waals surface area contributed by atoms with Crippen LogP contribution in [0.1, 0.15) is 220 Å². The van der Waals surface area contributed by atoms with Crippen molar-refractivity contribution < 1.29 is 14.6 Å². The number of carbonyl (C=O) groups excluding carboxylic acids is 1. The van der Waals surface area contributed by atoms with Crippen LogP contribution in [0, 0.1) is 0 Å². The van der Waals surface area contributed by atoms with Crippen molar-refractivity contribution >= 4 is 5.97 Å². The fourth-order valence-electron chi connectivity index (χ4n) is 6.44. The van der Waals surface area contributed by atoms with E-state index in [0.29, 0.717) is 6.61 Å². The predicted octanol–water partition coefficient (Wildman–Crippen LogP) is 12.9. The fourth-order valence-corrected chi connectivity index (χ4v) is 6.44. The molecule has 0 fully saturated rings. The summed E-state index contributed by atoms with van der Waals surface area (Å²) in [7, 11) is 0. The number of esters is 1. The average Bonchev–Trinajstić information content (AvgIpc) is 3.05. The van der Waals surface area contributed by atoms with Crippen LogP contribution in [0.4, 0.5) is 0 Å². The lowest BCUT2D eigenvalue weighted by Gasteiger charge is -2.25. The van der Waals surface area contributed by atoms with Crippen LogP contribution in [0.3, 0.4) is 0 Å².